The fourth-order valence-electron chi connectivity index (χ4n) is 3.06. The molecule has 0 saturated heterocycles. The summed E-state index contributed by atoms with van der Waals surface area (Å²) in [5.74, 6) is -1.05. The van der Waals surface area contributed by atoms with E-state index in [0.29, 0.717) is 0 Å². The van der Waals surface area contributed by atoms with Crippen LogP contribution in [0.25, 0.3) is 0 Å². The van der Waals surface area contributed by atoms with Gasteiger partial charge in [-0.25, -0.2) is 0 Å². The third kappa shape index (κ3) is 5.38. The number of hydrogen-bond acceptors (Lipinski definition) is 2. The Morgan fingerprint density at radius 1 is 1.04 bits per heavy atom. The van der Waals surface area contributed by atoms with Crippen molar-refractivity contribution in [3.63, 3.8) is 0 Å². The fraction of sp³-hybridized carbons (Fsp3) is 0.579. The van der Waals surface area contributed by atoms with E-state index < -0.39 is 11.8 Å². The zero-order valence-electron chi connectivity index (χ0n) is 14.2. The first-order chi connectivity index (χ1) is 11.1. The standard InChI is InChI=1S/C19H28N2O2/c1-3-15-10-12-16(13-11-15)14(2)20-18(22)19(23)21-17-8-6-4-5-7-9-17/h10-14,17H,3-9H2,1-2H3,(H,20,22)(H,21,23). The van der Waals surface area contributed by atoms with Crippen molar-refractivity contribution in [3.05, 3.63) is 35.4 Å². The third-order valence-electron chi connectivity index (χ3n) is 4.63. The zero-order valence-corrected chi connectivity index (χ0v) is 14.2. The monoisotopic (exact) mass is 316 g/mol. The highest BCUT2D eigenvalue weighted by molar-refractivity contribution is 6.35. The predicted octanol–water partition coefficient (Wildman–Crippen LogP) is 3.27. The number of nitrogens with one attached hydrogen (secondary N) is 2. The Kier molecular flexibility index (Phi) is 6.63. The normalized spacial score (nSPS) is 17.1. The van der Waals surface area contributed by atoms with Crippen molar-refractivity contribution in [2.75, 3.05) is 0 Å². The molecule has 1 fully saturated rings. The Bertz CT molecular complexity index is 517. The van der Waals surface area contributed by atoms with E-state index in [9.17, 15) is 9.59 Å². The third-order valence-corrected chi connectivity index (χ3v) is 4.63. The first-order valence-corrected chi connectivity index (χ1v) is 8.80. The quantitative estimate of drug-likeness (QED) is 0.661. The SMILES string of the molecule is CCc1ccc(C(C)NC(=O)C(=O)NC2CCCCCC2)cc1. The minimum absolute atomic E-state index is 0.148. The molecule has 1 aromatic rings. The van der Waals surface area contributed by atoms with Gasteiger partial charge in [-0.1, -0.05) is 56.9 Å². The summed E-state index contributed by atoms with van der Waals surface area (Å²) in [5, 5.41) is 5.67. The number of carbonyl (C=O) groups excluding carboxylic acids is 2. The maximum atomic E-state index is 12.1. The summed E-state index contributed by atoms with van der Waals surface area (Å²) in [7, 11) is 0. The van der Waals surface area contributed by atoms with Gasteiger partial charge in [0.2, 0.25) is 0 Å². The van der Waals surface area contributed by atoms with Gasteiger partial charge in [0.15, 0.2) is 0 Å². The van der Waals surface area contributed by atoms with E-state index in [1.165, 1.54) is 18.4 Å². The highest BCUT2D eigenvalue weighted by Gasteiger charge is 2.21. The fourth-order valence-corrected chi connectivity index (χ4v) is 3.06. The molecule has 0 bridgehead atoms. The molecule has 4 heteroatoms. The number of benzene rings is 1. The van der Waals surface area contributed by atoms with Crippen LogP contribution < -0.4 is 10.6 Å². The van der Waals surface area contributed by atoms with Gasteiger partial charge in [0, 0.05) is 6.04 Å². The molecular formula is C19H28N2O2. The molecule has 126 valence electrons. The number of amides is 2. The van der Waals surface area contributed by atoms with Gasteiger partial charge < -0.3 is 10.6 Å². The molecule has 1 aromatic carbocycles. The second-order valence-corrected chi connectivity index (χ2v) is 6.45. The van der Waals surface area contributed by atoms with Crippen LogP contribution in [0.2, 0.25) is 0 Å². The zero-order chi connectivity index (χ0) is 16.7. The van der Waals surface area contributed by atoms with Crippen LogP contribution in [0.4, 0.5) is 0 Å². The minimum atomic E-state index is -0.540. The molecule has 0 aromatic heterocycles. The Balaban J connectivity index is 1.85. The van der Waals surface area contributed by atoms with Crippen LogP contribution in [-0.2, 0) is 16.0 Å². The van der Waals surface area contributed by atoms with Gasteiger partial charge >= 0.3 is 11.8 Å². The first-order valence-electron chi connectivity index (χ1n) is 8.80. The lowest BCUT2D eigenvalue weighted by Gasteiger charge is -2.18. The summed E-state index contributed by atoms with van der Waals surface area (Å²) in [6.45, 7) is 4.01. The molecular weight excluding hydrogens is 288 g/mol. The van der Waals surface area contributed by atoms with Gasteiger partial charge in [0.1, 0.15) is 0 Å². The first kappa shape index (κ1) is 17.5. The maximum absolute atomic E-state index is 12.1. The molecule has 0 spiro atoms. The van der Waals surface area contributed by atoms with Crippen molar-refractivity contribution < 1.29 is 9.59 Å². The lowest BCUT2D eigenvalue weighted by molar-refractivity contribution is -0.140. The Labute approximate surface area is 139 Å². The smallest absolute Gasteiger partial charge is 0.309 e. The van der Waals surface area contributed by atoms with Crippen LogP contribution >= 0.6 is 0 Å². The molecule has 1 saturated carbocycles. The van der Waals surface area contributed by atoms with Gasteiger partial charge in [-0.15, -0.1) is 0 Å². The van der Waals surface area contributed by atoms with Crippen LogP contribution in [0.3, 0.4) is 0 Å². The van der Waals surface area contributed by atoms with Crippen molar-refractivity contribution in [1.82, 2.24) is 10.6 Å². The lowest BCUT2D eigenvalue weighted by Crippen LogP contribution is -2.45. The topological polar surface area (TPSA) is 58.2 Å². The van der Waals surface area contributed by atoms with Crippen molar-refractivity contribution in [1.29, 1.82) is 0 Å². The molecule has 1 unspecified atom stereocenters. The summed E-state index contributed by atoms with van der Waals surface area (Å²) in [4.78, 5) is 24.2. The lowest BCUT2D eigenvalue weighted by atomic mass is 10.0. The summed E-state index contributed by atoms with van der Waals surface area (Å²) >= 11 is 0. The summed E-state index contributed by atoms with van der Waals surface area (Å²) in [6.07, 6.45) is 7.66. The largest absolute Gasteiger partial charge is 0.345 e. The average molecular weight is 316 g/mol. The van der Waals surface area contributed by atoms with Crippen molar-refractivity contribution >= 4 is 11.8 Å². The number of rotatable bonds is 4. The van der Waals surface area contributed by atoms with E-state index in [-0.39, 0.29) is 12.1 Å². The molecule has 1 atom stereocenters. The molecule has 23 heavy (non-hydrogen) atoms. The van der Waals surface area contributed by atoms with E-state index in [0.717, 1.165) is 37.7 Å². The molecule has 0 heterocycles. The molecule has 1 aliphatic rings. The highest BCUT2D eigenvalue weighted by atomic mass is 16.2. The van der Waals surface area contributed by atoms with Crippen molar-refractivity contribution in [3.8, 4) is 0 Å². The minimum Gasteiger partial charge on any atom is -0.345 e. The maximum Gasteiger partial charge on any atom is 0.309 e. The van der Waals surface area contributed by atoms with Crippen molar-refractivity contribution in [2.45, 2.75) is 70.9 Å². The van der Waals surface area contributed by atoms with Gasteiger partial charge in [-0.3, -0.25) is 9.59 Å². The molecule has 0 radical (unpaired) electrons. The number of carbonyl (C=O) groups is 2. The molecule has 4 nitrogen and oxygen atoms in total. The van der Waals surface area contributed by atoms with Crippen LogP contribution in [0.5, 0.6) is 0 Å². The molecule has 2 N–H and O–H groups in total. The van der Waals surface area contributed by atoms with Crippen LogP contribution in [0.15, 0.2) is 24.3 Å². The van der Waals surface area contributed by atoms with E-state index in [2.05, 4.69) is 29.7 Å². The second-order valence-electron chi connectivity index (χ2n) is 6.45. The van der Waals surface area contributed by atoms with Crippen LogP contribution in [-0.4, -0.2) is 17.9 Å². The Morgan fingerprint density at radius 3 is 2.22 bits per heavy atom. The Morgan fingerprint density at radius 2 is 1.65 bits per heavy atom. The number of hydrogen-bond donors (Lipinski definition) is 2. The summed E-state index contributed by atoms with van der Waals surface area (Å²) in [5.41, 5.74) is 2.27. The number of aryl methyl sites for hydroxylation is 1. The van der Waals surface area contributed by atoms with Gasteiger partial charge in [0.05, 0.1) is 6.04 Å². The van der Waals surface area contributed by atoms with Gasteiger partial charge in [-0.2, -0.15) is 0 Å². The van der Waals surface area contributed by atoms with E-state index >= 15 is 0 Å². The molecule has 1 aliphatic carbocycles. The summed E-state index contributed by atoms with van der Waals surface area (Å²) < 4.78 is 0. The molecule has 2 rings (SSSR count). The van der Waals surface area contributed by atoms with E-state index in [1.807, 2.05) is 19.1 Å². The second kappa shape index (κ2) is 8.70. The van der Waals surface area contributed by atoms with Crippen molar-refractivity contribution in [2.24, 2.45) is 0 Å². The summed E-state index contributed by atoms with van der Waals surface area (Å²) in [6, 6.07) is 8.11. The van der Waals surface area contributed by atoms with Gasteiger partial charge in [-0.05, 0) is 37.3 Å². The van der Waals surface area contributed by atoms with Crippen LogP contribution in [0, 0.1) is 0 Å². The van der Waals surface area contributed by atoms with Crippen LogP contribution in [0.1, 0.15) is 69.5 Å². The van der Waals surface area contributed by atoms with E-state index in [4.69, 9.17) is 0 Å². The molecule has 2 amide bonds. The van der Waals surface area contributed by atoms with Gasteiger partial charge in [0.25, 0.3) is 0 Å². The predicted molar refractivity (Wildman–Crippen MR) is 92.0 cm³/mol. The highest BCUT2D eigenvalue weighted by Crippen LogP contribution is 2.17. The molecule has 0 aliphatic heterocycles. The van der Waals surface area contributed by atoms with E-state index in [1.54, 1.807) is 0 Å². The Hall–Kier alpha value is -1.84. The average Bonchev–Trinajstić information content (AvgIpc) is 2.83.